The van der Waals surface area contributed by atoms with E-state index < -0.39 is 28.5 Å². The number of sulfonamides is 1. The molecule has 39 heavy (non-hydrogen) atoms. The second-order valence-electron chi connectivity index (χ2n) is 9.45. The Hall–Kier alpha value is -2.88. The van der Waals surface area contributed by atoms with Crippen molar-refractivity contribution in [1.82, 2.24) is 10.2 Å². The van der Waals surface area contributed by atoms with Gasteiger partial charge in [0.15, 0.2) is 0 Å². The molecule has 7 nitrogen and oxygen atoms in total. The van der Waals surface area contributed by atoms with Crippen molar-refractivity contribution >= 4 is 55.1 Å². The highest BCUT2D eigenvalue weighted by atomic mass is 79.9. The number of amides is 2. The molecular formula is C29H33BrClN3O4S. The standard InChI is InChI=1S/C29H33BrClN3O4S/c1-5-21(3)32-29(36)22(4)33(18-23-7-6-8-24(30)17-23)28(35)19-34(26-13-11-25(31)12-14-26)39(37,38)27-15-9-20(2)10-16-27/h6-17,21-22H,5,18-19H2,1-4H3,(H,32,36). The van der Waals surface area contributed by atoms with E-state index in [2.05, 4.69) is 21.2 Å². The SMILES string of the molecule is CCC(C)NC(=O)C(C)N(Cc1cccc(Br)c1)C(=O)CN(c1ccc(Cl)cc1)S(=O)(=O)c1ccc(C)cc1. The number of benzene rings is 3. The molecule has 0 aliphatic rings. The number of halogens is 2. The summed E-state index contributed by atoms with van der Waals surface area (Å²) < 4.78 is 29.5. The number of nitrogens with one attached hydrogen (secondary N) is 1. The number of anilines is 1. The Bertz CT molecular complexity index is 1400. The van der Waals surface area contributed by atoms with Crippen LogP contribution in [0.3, 0.4) is 0 Å². The van der Waals surface area contributed by atoms with Crippen molar-refractivity contribution in [3.8, 4) is 0 Å². The zero-order valence-corrected chi connectivity index (χ0v) is 25.6. The molecule has 0 radical (unpaired) electrons. The molecule has 0 saturated heterocycles. The summed E-state index contributed by atoms with van der Waals surface area (Å²) in [7, 11) is -4.13. The van der Waals surface area contributed by atoms with Crippen LogP contribution in [0.2, 0.25) is 5.02 Å². The number of hydrogen-bond donors (Lipinski definition) is 1. The molecule has 2 amide bonds. The van der Waals surface area contributed by atoms with Crippen LogP contribution in [0.15, 0.2) is 82.2 Å². The molecule has 3 aromatic rings. The molecule has 3 aromatic carbocycles. The summed E-state index contributed by atoms with van der Waals surface area (Å²) in [6, 6.07) is 19.2. The molecule has 3 rings (SSSR count). The van der Waals surface area contributed by atoms with Gasteiger partial charge in [-0.25, -0.2) is 8.42 Å². The minimum absolute atomic E-state index is 0.0527. The topological polar surface area (TPSA) is 86.8 Å². The van der Waals surface area contributed by atoms with Gasteiger partial charge in [-0.1, -0.05) is 64.3 Å². The van der Waals surface area contributed by atoms with E-state index >= 15 is 0 Å². The van der Waals surface area contributed by atoms with Crippen molar-refractivity contribution in [1.29, 1.82) is 0 Å². The second kappa shape index (κ2) is 13.5. The summed E-state index contributed by atoms with van der Waals surface area (Å²) in [5.74, 6) is -0.834. The van der Waals surface area contributed by atoms with Crippen LogP contribution < -0.4 is 9.62 Å². The first-order chi connectivity index (χ1) is 18.4. The minimum Gasteiger partial charge on any atom is -0.352 e. The van der Waals surface area contributed by atoms with Gasteiger partial charge in [0, 0.05) is 22.1 Å². The van der Waals surface area contributed by atoms with E-state index in [4.69, 9.17) is 11.6 Å². The van der Waals surface area contributed by atoms with Gasteiger partial charge in [-0.3, -0.25) is 13.9 Å². The maximum atomic E-state index is 13.9. The van der Waals surface area contributed by atoms with Gasteiger partial charge in [-0.15, -0.1) is 0 Å². The Morgan fingerprint density at radius 1 is 1.00 bits per heavy atom. The van der Waals surface area contributed by atoms with Gasteiger partial charge in [0.05, 0.1) is 10.6 Å². The summed E-state index contributed by atoms with van der Waals surface area (Å²) in [6.45, 7) is 6.97. The van der Waals surface area contributed by atoms with Crippen molar-refractivity contribution in [2.24, 2.45) is 0 Å². The first kappa shape index (κ1) is 30.7. The fraction of sp³-hybridized carbons (Fsp3) is 0.310. The summed E-state index contributed by atoms with van der Waals surface area (Å²) in [5, 5.41) is 3.36. The molecule has 208 valence electrons. The number of nitrogens with zero attached hydrogens (tertiary/aromatic N) is 2. The van der Waals surface area contributed by atoms with Gasteiger partial charge in [0.1, 0.15) is 12.6 Å². The molecular weight excluding hydrogens is 602 g/mol. The molecule has 2 atom stereocenters. The third-order valence-corrected chi connectivity index (χ3v) is 8.95. The van der Waals surface area contributed by atoms with Crippen LogP contribution in [-0.4, -0.2) is 43.8 Å². The Kier molecular flexibility index (Phi) is 10.6. The lowest BCUT2D eigenvalue weighted by Gasteiger charge is -2.32. The van der Waals surface area contributed by atoms with Gasteiger partial charge < -0.3 is 10.2 Å². The number of carbonyl (C=O) groups excluding carboxylic acids is 2. The number of rotatable bonds is 11. The predicted octanol–water partition coefficient (Wildman–Crippen LogP) is 5.94. The van der Waals surface area contributed by atoms with Crippen LogP contribution in [0.1, 0.15) is 38.3 Å². The first-order valence-corrected chi connectivity index (χ1v) is 15.2. The maximum absolute atomic E-state index is 13.9. The predicted molar refractivity (Wildman–Crippen MR) is 159 cm³/mol. The highest BCUT2D eigenvalue weighted by Crippen LogP contribution is 2.26. The Morgan fingerprint density at radius 3 is 2.23 bits per heavy atom. The van der Waals surface area contributed by atoms with E-state index in [0.29, 0.717) is 5.02 Å². The zero-order valence-electron chi connectivity index (χ0n) is 22.4. The molecule has 10 heteroatoms. The minimum atomic E-state index is -4.13. The monoisotopic (exact) mass is 633 g/mol. The van der Waals surface area contributed by atoms with E-state index in [9.17, 15) is 18.0 Å². The van der Waals surface area contributed by atoms with Crippen LogP contribution in [0.5, 0.6) is 0 Å². The van der Waals surface area contributed by atoms with Crippen LogP contribution in [0.4, 0.5) is 5.69 Å². The maximum Gasteiger partial charge on any atom is 0.264 e. The number of aryl methyl sites for hydroxylation is 1. The van der Waals surface area contributed by atoms with Crippen LogP contribution in [-0.2, 0) is 26.2 Å². The van der Waals surface area contributed by atoms with Crippen molar-refractivity contribution in [3.63, 3.8) is 0 Å². The Labute approximate surface area is 244 Å². The van der Waals surface area contributed by atoms with Crippen LogP contribution in [0, 0.1) is 6.92 Å². The molecule has 0 saturated carbocycles. The fourth-order valence-corrected chi connectivity index (χ4v) is 5.84. The largest absolute Gasteiger partial charge is 0.352 e. The van der Waals surface area contributed by atoms with Crippen LogP contribution in [0.25, 0.3) is 0 Å². The lowest BCUT2D eigenvalue weighted by molar-refractivity contribution is -0.139. The summed E-state index contributed by atoms with van der Waals surface area (Å²) in [5.41, 5.74) is 1.98. The molecule has 0 aromatic heterocycles. The van der Waals surface area contributed by atoms with Gasteiger partial charge >= 0.3 is 0 Å². The van der Waals surface area contributed by atoms with E-state index in [0.717, 1.165) is 26.3 Å². The quantitative estimate of drug-likeness (QED) is 0.283. The smallest absolute Gasteiger partial charge is 0.264 e. The third kappa shape index (κ3) is 8.06. The second-order valence-corrected chi connectivity index (χ2v) is 12.7. The molecule has 0 fully saturated rings. The van der Waals surface area contributed by atoms with Gasteiger partial charge in [0.2, 0.25) is 11.8 Å². The first-order valence-electron chi connectivity index (χ1n) is 12.6. The molecule has 0 bridgehead atoms. The normalized spacial score (nSPS) is 12.9. The van der Waals surface area contributed by atoms with Crippen LogP contribution >= 0.6 is 27.5 Å². The highest BCUT2D eigenvalue weighted by molar-refractivity contribution is 9.10. The molecule has 1 N–H and O–H groups in total. The molecule has 0 heterocycles. The molecule has 0 aliphatic heterocycles. The van der Waals surface area contributed by atoms with Crippen molar-refractivity contribution in [2.75, 3.05) is 10.8 Å². The van der Waals surface area contributed by atoms with Crippen molar-refractivity contribution < 1.29 is 18.0 Å². The van der Waals surface area contributed by atoms with E-state index in [1.54, 1.807) is 43.3 Å². The highest BCUT2D eigenvalue weighted by Gasteiger charge is 2.32. The Balaban J connectivity index is 2.02. The lowest BCUT2D eigenvalue weighted by atomic mass is 10.1. The van der Waals surface area contributed by atoms with Gasteiger partial charge in [0.25, 0.3) is 10.0 Å². The van der Waals surface area contributed by atoms with Crippen molar-refractivity contribution in [2.45, 2.75) is 57.6 Å². The summed E-state index contributed by atoms with van der Waals surface area (Å²) >= 11 is 9.51. The van der Waals surface area contributed by atoms with Gasteiger partial charge in [-0.05, 0) is 81.3 Å². The Morgan fingerprint density at radius 2 is 1.64 bits per heavy atom. The van der Waals surface area contributed by atoms with Crippen molar-refractivity contribution in [3.05, 3.63) is 93.4 Å². The average Bonchev–Trinajstić information content (AvgIpc) is 2.90. The average molecular weight is 635 g/mol. The summed E-state index contributed by atoms with van der Waals surface area (Å²) in [6.07, 6.45) is 0.733. The number of hydrogen-bond acceptors (Lipinski definition) is 4. The zero-order chi connectivity index (χ0) is 28.7. The van der Waals surface area contributed by atoms with E-state index in [-0.39, 0.29) is 29.1 Å². The third-order valence-electron chi connectivity index (χ3n) is 6.41. The van der Waals surface area contributed by atoms with Gasteiger partial charge in [-0.2, -0.15) is 0 Å². The molecule has 0 aliphatic carbocycles. The van der Waals surface area contributed by atoms with E-state index in [1.165, 1.54) is 17.0 Å². The number of carbonyl (C=O) groups is 2. The lowest BCUT2D eigenvalue weighted by Crippen LogP contribution is -2.52. The molecule has 2 unspecified atom stereocenters. The van der Waals surface area contributed by atoms with E-state index in [1.807, 2.05) is 45.0 Å². The fourth-order valence-electron chi connectivity index (χ4n) is 3.85. The molecule has 0 spiro atoms. The summed E-state index contributed by atoms with van der Waals surface area (Å²) in [4.78, 5) is 28.5.